The van der Waals surface area contributed by atoms with Gasteiger partial charge in [-0.2, -0.15) is 0 Å². The minimum Gasteiger partial charge on any atom is -0.391 e. The second-order valence-electron chi connectivity index (χ2n) is 7.10. The first kappa shape index (κ1) is 12.7. The maximum absolute atomic E-state index is 11.0. The van der Waals surface area contributed by atoms with Crippen LogP contribution >= 0.6 is 0 Å². The Morgan fingerprint density at radius 2 is 0.792 bits per heavy atom. The number of hydrogen-bond acceptors (Lipinski definition) is 1. The molecule has 2 aliphatic carbocycles. The molecule has 4 aromatic carbocycles. The summed E-state index contributed by atoms with van der Waals surface area (Å²) in [5.41, 5.74) is 5.26. The van der Waals surface area contributed by atoms with Gasteiger partial charge in [-0.3, -0.25) is 0 Å². The van der Waals surface area contributed by atoms with Gasteiger partial charge in [0.1, 0.15) is 0 Å². The molecule has 4 aromatic rings. The highest BCUT2D eigenvalue weighted by Crippen LogP contribution is 2.57. The Morgan fingerprint density at radius 1 is 0.500 bits per heavy atom. The third kappa shape index (κ3) is 1.44. The lowest BCUT2D eigenvalue weighted by atomic mass is 9.83. The van der Waals surface area contributed by atoms with Crippen molar-refractivity contribution in [1.29, 1.82) is 0 Å². The van der Waals surface area contributed by atoms with Crippen LogP contribution in [0.3, 0.4) is 0 Å². The van der Waals surface area contributed by atoms with Gasteiger partial charge in [0, 0.05) is 11.8 Å². The van der Waals surface area contributed by atoms with Crippen molar-refractivity contribution in [2.75, 3.05) is 0 Å². The van der Waals surface area contributed by atoms with E-state index < -0.39 is 0 Å². The van der Waals surface area contributed by atoms with Gasteiger partial charge in [0.2, 0.25) is 0 Å². The predicted octanol–water partition coefficient (Wildman–Crippen LogP) is 4.94. The van der Waals surface area contributed by atoms with Crippen LogP contribution in [-0.2, 0) is 0 Å². The second-order valence-corrected chi connectivity index (χ2v) is 7.10. The normalized spacial score (nSPS) is 23.6. The van der Waals surface area contributed by atoms with Gasteiger partial charge < -0.3 is 5.11 Å². The third-order valence-corrected chi connectivity index (χ3v) is 5.93. The largest absolute Gasteiger partial charge is 0.391 e. The maximum atomic E-state index is 11.0. The number of aliphatic hydroxyl groups is 1. The van der Waals surface area contributed by atoms with Crippen molar-refractivity contribution < 1.29 is 5.11 Å². The zero-order valence-corrected chi connectivity index (χ0v) is 13.1. The summed E-state index contributed by atoms with van der Waals surface area (Å²) < 4.78 is 0. The van der Waals surface area contributed by atoms with Crippen LogP contribution in [0.4, 0.5) is 0 Å². The number of benzene rings is 4. The molecule has 0 aromatic heterocycles. The van der Waals surface area contributed by atoms with Crippen molar-refractivity contribution in [2.45, 2.75) is 17.9 Å². The molecule has 0 spiro atoms. The molecule has 2 aliphatic rings. The van der Waals surface area contributed by atoms with E-state index in [1.807, 2.05) is 0 Å². The molecule has 0 radical (unpaired) electrons. The molecule has 0 saturated heterocycles. The van der Waals surface area contributed by atoms with Crippen molar-refractivity contribution in [3.05, 3.63) is 95.1 Å². The van der Waals surface area contributed by atoms with Crippen LogP contribution in [-0.4, -0.2) is 11.2 Å². The molecule has 0 fully saturated rings. The Kier molecular flexibility index (Phi) is 2.26. The molecule has 0 amide bonds. The summed E-state index contributed by atoms with van der Waals surface area (Å²) in [5.74, 6) is 0.239. The van der Waals surface area contributed by atoms with E-state index in [2.05, 4.69) is 72.8 Å². The fourth-order valence-corrected chi connectivity index (χ4v) is 4.89. The summed E-state index contributed by atoms with van der Waals surface area (Å²) in [6.07, 6.45) is -0.330. The molecular formula is C23H16O. The molecule has 0 heterocycles. The van der Waals surface area contributed by atoms with Gasteiger partial charge in [-0.25, -0.2) is 0 Å². The van der Waals surface area contributed by atoms with Crippen LogP contribution in [0.2, 0.25) is 0 Å². The van der Waals surface area contributed by atoms with E-state index in [0.29, 0.717) is 0 Å². The lowest BCUT2D eigenvalue weighted by Gasteiger charge is -2.20. The van der Waals surface area contributed by atoms with Gasteiger partial charge in [-0.1, -0.05) is 72.8 Å². The van der Waals surface area contributed by atoms with Crippen LogP contribution in [0.1, 0.15) is 34.1 Å². The molecule has 0 aliphatic heterocycles. The molecular weight excluding hydrogens is 292 g/mol. The molecule has 24 heavy (non-hydrogen) atoms. The highest BCUT2D eigenvalue weighted by Gasteiger charge is 2.49. The minimum absolute atomic E-state index is 0.120. The Bertz CT molecular complexity index is 965. The Morgan fingerprint density at radius 3 is 1.08 bits per heavy atom. The van der Waals surface area contributed by atoms with Crippen LogP contribution in [0, 0.1) is 0 Å². The van der Waals surface area contributed by atoms with Crippen LogP contribution in [0.5, 0.6) is 0 Å². The maximum Gasteiger partial charge on any atom is 0.0758 e. The lowest BCUT2D eigenvalue weighted by molar-refractivity contribution is 0.166. The molecule has 0 atom stereocenters. The average Bonchev–Trinajstić information content (AvgIpc) is 3.05. The molecule has 6 rings (SSSR count). The van der Waals surface area contributed by atoms with Crippen LogP contribution < -0.4 is 0 Å². The smallest absolute Gasteiger partial charge is 0.0758 e. The fraction of sp³-hybridized carbons (Fsp3) is 0.130. The number of fused-ring (bicyclic) bond motifs is 10. The van der Waals surface area contributed by atoms with Gasteiger partial charge in [-0.05, 0) is 43.8 Å². The topological polar surface area (TPSA) is 20.2 Å². The zero-order valence-electron chi connectivity index (χ0n) is 13.1. The number of rotatable bonds is 0. The van der Waals surface area contributed by atoms with E-state index in [1.165, 1.54) is 43.8 Å². The van der Waals surface area contributed by atoms with Gasteiger partial charge in [0.15, 0.2) is 0 Å². The van der Waals surface area contributed by atoms with E-state index in [1.54, 1.807) is 0 Å². The first-order valence-corrected chi connectivity index (χ1v) is 8.54. The predicted molar refractivity (Wildman–Crippen MR) is 97.6 cm³/mol. The van der Waals surface area contributed by atoms with Crippen molar-refractivity contribution >= 4 is 21.5 Å². The van der Waals surface area contributed by atoms with Crippen molar-refractivity contribution in [2.24, 2.45) is 0 Å². The molecule has 0 saturated carbocycles. The summed E-state index contributed by atoms with van der Waals surface area (Å²) in [6.45, 7) is 0. The lowest BCUT2D eigenvalue weighted by Crippen LogP contribution is -2.10. The summed E-state index contributed by atoms with van der Waals surface area (Å²) in [4.78, 5) is 0. The summed E-state index contributed by atoms with van der Waals surface area (Å²) in [7, 11) is 0. The van der Waals surface area contributed by atoms with E-state index in [9.17, 15) is 5.11 Å². The molecule has 0 unspecified atom stereocenters. The third-order valence-electron chi connectivity index (χ3n) is 5.93. The van der Waals surface area contributed by atoms with Crippen molar-refractivity contribution in [3.63, 3.8) is 0 Å². The number of hydrogen-bond donors (Lipinski definition) is 1. The minimum atomic E-state index is -0.330. The Hall–Kier alpha value is -2.64. The van der Waals surface area contributed by atoms with Gasteiger partial charge in [0.25, 0.3) is 0 Å². The SMILES string of the molecule is O[C@H]1C2c3cc4ccccc4cc3[C@H]1c1cc3ccccc3cc12. The summed E-state index contributed by atoms with van der Waals surface area (Å²) in [6, 6.07) is 26.1. The van der Waals surface area contributed by atoms with Crippen LogP contribution in [0.25, 0.3) is 21.5 Å². The fourth-order valence-electron chi connectivity index (χ4n) is 4.89. The molecule has 114 valence electrons. The average molecular weight is 308 g/mol. The summed E-state index contributed by atoms with van der Waals surface area (Å²) >= 11 is 0. The monoisotopic (exact) mass is 308 g/mol. The second kappa shape index (κ2) is 4.25. The Balaban J connectivity index is 1.67. The molecule has 1 N–H and O–H groups in total. The van der Waals surface area contributed by atoms with Crippen molar-refractivity contribution in [1.82, 2.24) is 0 Å². The first-order valence-electron chi connectivity index (χ1n) is 8.54. The van der Waals surface area contributed by atoms with Gasteiger partial charge >= 0.3 is 0 Å². The standard InChI is InChI=1S/C23H16O/c24-23-21-17-9-13-5-1-2-6-14(13)10-18(17)22(23)20-12-16-8-4-3-7-15(16)11-19(20)21/h1-12,21-24H/t21-,22?,23?. The summed E-state index contributed by atoms with van der Waals surface area (Å²) in [5, 5.41) is 16.0. The van der Waals surface area contributed by atoms with Crippen molar-refractivity contribution in [3.8, 4) is 0 Å². The van der Waals surface area contributed by atoms with Crippen LogP contribution in [0.15, 0.2) is 72.8 Å². The quantitative estimate of drug-likeness (QED) is 0.487. The van der Waals surface area contributed by atoms with E-state index in [0.717, 1.165) is 0 Å². The van der Waals surface area contributed by atoms with E-state index in [-0.39, 0.29) is 17.9 Å². The zero-order chi connectivity index (χ0) is 15.8. The Labute approximate surface area is 140 Å². The van der Waals surface area contributed by atoms with Gasteiger partial charge in [0.05, 0.1) is 6.10 Å². The highest BCUT2D eigenvalue weighted by molar-refractivity contribution is 5.89. The molecule has 2 bridgehead atoms. The van der Waals surface area contributed by atoms with E-state index >= 15 is 0 Å². The highest BCUT2D eigenvalue weighted by atomic mass is 16.3. The van der Waals surface area contributed by atoms with E-state index in [4.69, 9.17) is 0 Å². The molecule has 1 nitrogen and oxygen atoms in total. The van der Waals surface area contributed by atoms with Gasteiger partial charge in [-0.15, -0.1) is 0 Å². The molecule has 1 heteroatoms. The number of aliphatic hydroxyl groups excluding tert-OH is 1. The first-order chi connectivity index (χ1) is 11.8.